The lowest BCUT2D eigenvalue weighted by molar-refractivity contribution is -0.131. The molecule has 14 heavy (non-hydrogen) atoms. The third kappa shape index (κ3) is 3.79. The van der Waals surface area contributed by atoms with Crippen LogP contribution in [0, 0.1) is 0 Å². The minimum Gasteiger partial charge on any atom is -0.478 e. The summed E-state index contributed by atoms with van der Waals surface area (Å²) in [6.45, 7) is 0. The van der Waals surface area contributed by atoms with E-state index in [0.29, 0.717) is 0 Å². The maximum atomic E-state index is 10.2. The van der Waals surface area contributed by atoms with Crippen LogP contribution in [0.1, 0.15) is 32.1 Å². The average Bonchev–Trinajstić information content (AvgIpc) is 2.31. The molecule has 0 amide bonds. The monoisotopic (exact) mass is 199 g/mol. The van der Waals surface area contributed by atoms with Gasteiger partial charge in [-0.1, -0.05) is 19.3 Å². The molecule has 4 nitrogen and oxygen atoms in total. The number of aliphatic hydroxyl groups excluding tert-OH is 1. The Morgan fingerprint density at radius 3 is 2.71 bits per heavy atom. The Balaban J connectivity index is 2.36. The Morgan fingerprint density at radius 2 is 2.00 bits per heavy atom. The molecular weight excluding hydrogens is 182 g/mol. The van der Waals surface area contributed by atoms with Crippen molar-refractivity contribution in [2.45, 2.75) is 44.2 Å². The fourth-order valence-corrected chi connectivity index (χ4v) is 1.73. The summed E-state index contributed by atoms with van der Waals surface area (Å²) < 4.78 is 0. The van der Waals surface area contributed by atoms with E-state index in [2.05, 4.69) is 5.32 Å². The van der Waals surface area contributed by atoms with E-state index in [1.165, 1.54) is 6.20 Å². The van der Waals surface area contributed by atoms with Crippen LogP contribution in [0.2, 0.25) is 0 Å². The number of carbonyl (C=O) groups is 1. The zero-order valence-corrected chi connectivity index (χ0v) is 8.15. The van der Waals surface area contributed by atoms with Gasteiger partial charge in [-0.2, -0.15) is 0 Å². The molecule has 3 N–H and O–H groups in total. The van der Waals surface area contributed by atoms with Crippen molar-refractivity contribution in [3.05, 3.63) is 12.3 Å². The molecule has 0 bridgehead atoms. The molecule has 1 aliphatic carbocycles. The highest BCUT2D eigenvalue weighted by molar-refractivity contribution is 5.79. The van der Waals surface area contributed by atoms with Crippen LogP contribution in [0.3, 0.4) is 0 Å². The van der Waals surface area contributed by atoms with Gasteiger partial charge in [-0.25, -0.2) is 4.79 Å². The zero-order chi connectivity index (χ0) is 10.4. The van der Waals surface area contributed by atoms with Crippen molar-refractivity contribution >= 4 is 5.97 Å². The number of aliphatic carboxylic acids is 1. The highest BCUT2D eigenvalue weighted by Crippen LogP contribution is 2.17. The van der Waals surface area contributed by atoms with Gasteiger partial charge in [0.25, 0.3) is 0 Å². The Bertz CT molecular complexity index is 215. The lowest BCUT2D eigenvalue weighted by Gasteiger charge is -2.20. The van der Waals surface area contributed by atoms with Gasteiger partial charge in [0.2, 0.25) is 0 Å². The largest absolute Gasteiger partial charge is 0.478 e. The first kappa shape index (κ1) is 11.0. The fourth-order valence-electron chi connectivity index (χ4n) is 1.73. The van der Waals surface area contributed by atoms with Crippen molar-refractivity contribution in [3.63, 3.8) is 0 Å². The first-order valence-electron chi connectivity index (χ1n) is 5.04. The van der Waals surface area contributed by atoms with Gasteiger partial charge in [-0.05, 0) is 12.8 Å². The standard InChI is InChI=1S/C10H17NO3/c12-9-5-3-1-2-4-8(9)11-7-6-10(13)14/h6-9,11-12H,1-5H2,(H,13,14)/b7-6+. The maximum absolute atomic E-state index is 10.2. The molecular formula is C10H17NO3. The molecule has 1 saturated carbocycles. The second-order valence-corrected chi connectivity index (χ2v) is 3.65. The zero-order valence-electron chi connectivity index (χ0n) is 8.15. The molecule has 1 fully saturated rings. The van der Waals surface area contributed by atoms with Crippen LogP contribution in [-0.2, 0) is 4.79 Å². The third-order valence-corrected chi connectivity index (χ3v) is 2.52. The Hall–Kier alpha value is -1.03. The molecule has 0 aromatic rings. The van der Waals surface area contributed by atoms with Crippen molar-refractivity contribution in [2.75, 3.05) is 0 Å². The molecule has 0 saturated heterocycles. The van der Waals surface area contributed by atoms with Crippen LogP contribution >= 0.6 is 0 Å². The molecule has 0 spiro atoms. The molecule has 0 aromatic carbocycles. The summed E-state index contributed by atoms with van der Waals surface area (Å²) in [7, 11) is 0. The number of hydrogen-bond donors (Lipinski definition) is 3. The first-order chi connectivity index (χ1) is 6.70. The summed E-state index contributed by atoms with van der Waals surface area (Å²) in [5, 5.41) is 21.0. The van der Waals surface area contributed by atoms with Gasteiger partial charge in [0.15, 0.2) is 0 Å². The summed E-state index contributed by atoms with van der Waals surface area (Å²) in [5.41, 5.74) is 0. The molecule has 0 aliphatic heterocycles. The first-order valence-corrected chi connectivity index (χ1v) is 5.04. The molecule has 1 aliphatic rings. The van der Waals surface area contributed by atoms with E-state index in [1.807, 2.05) is 0 Å². The minimum absolute atomic E-state index is 0.00750. The topological polar surface area (TPSA) is 69.6 Å². The quantitative estimate of drug-likeness (QED) is 0.466. The van der Waals surface area contributed by atoms with E-state index in [0.717, 1.165) is 38.2 Å². The van der Waals surface area contributed by atoms with Crippen molar-refractivity contribution in [1.82, 2.24) is 5.32 Å². The van der Waals surface area contributed by atoms with Crippen LogP contribution < -0.4 is 5.32 Å². The molecule has 2 unspecified atom stereocenters. The van der Waals surface area contributed by atoms with Gasteiger partial charge in [0.1, 0.15) is 0 Å². The van der Waals surface area contributed by atoms with E-state index in [9.17, 15) is 9.90 Å². The molecule has 1 rings (SSSR count). The summed E-state index contributed by atoms with van der Waals surface area (Å²) in [6, 6.07) is 0.00750. The van der Waals surface area contributed by atoms with Gasteiger partial charge in [-0.3, -0.25) is 0 Å². The highest BCUT2D eigenvalue weighted by Gasteiger charge is 2.19. The number of aliphatic hydroxyl groups is 1. The fraction of sp³-hybridized carbons (Fsp3) is 0.700. The maximum Gasteiger partial charge on any atom is 0.329 e. The molecule has 0 aromatic heterocycles. The predicted octanol–water partition coefficient (Wildman–Crippen LogP) is 0.868. The highest BCUT2D eigenvalue weighted by atomic mass is 16.4. The molecule has 0 heterocycles. The smallest absolute Gasteiger partial charge is 0.329 e. The second-order valence-electron chi connectivity index (χ2n) is 3.65. The molecule has 2 atom stereocenters. The van der Waals surface area contributed by atoms with Gasteiger partial charge in [0.05, 0.1) is 12.1 Å². The van der Waals surface area contributed by atoms with E-state index in [4.69, 9.17) is 5.11 Å². The molecule has 80 valence electrons. The van der Waals surface area contributed by atoms with Crippen LogP contribution in [0.25, 0.3) is 0 Å². The van der Waals surface area contributed by atoms with E-state index >= 15 is 0 Å². The Kier molecular flexibility index (Phi) is 4.46. The van der Waals surface area contributed by atoms with Crippen molar-refractivity contribution in [3.8, 4) is 0 Å². The third-order valence-electron chi connectivity index (χ3n) is 2.52. The average molecular weight is 199 g/mol. The van der Waals surface area contributed by atoms with Crippen LogP contribution in [0.4, 0.5) is 0 Å². The van der Waals surface area contributed by atoms with E-state index in [-0.39, 0.29) is 12.1 Å². The SMILES string of the molecule is O=C(O)/C=C/NC1CCCCCC1O. The van der Waals surface area contributed by atoms with Crippen LogP contribution in [-0.4, -0.2) is 28.3 Å². The number of carboxylic acid groups (broad SMARTS) is 1. The lowest BCUT2D eigenvalue weighted by Crippen LogP contribution is -2.35. The van der Waals surface area contributed by atoms with Crippen molar-refractivity contribution in [2.24, 2.45) is 0 Å². The van der Waals surface area contributed by atoms with Crippen LogP contribution in [0.5, 0.6) is 0 Å². The van der Waals surface area contributed by atoms with Gasteiger partial charge in [0, 0.05) is 12.3 Å². The lowest BCUT2D eigenvalue weighted by atomic mass is 10.1. The van der Waals surface area contributed by atoms with Gasteiger partial charge >= 0.3 is 5.97 Å². The summed E-state index contributed by atoms with van der Waals surface area (Å²) >= 11 is 0. The number of carboxylic acids is 1. The van der Waals surface area contributed by atoms with Gasteiger partial charge in [-0.15, -0.1) is 0 Å². The van der Waals surface area contributed by atoms with E-state index < -0.39 is 5.97 Å². The number of hydrogen-bond acceptors (Lipinski definition) is 3. The number of rotatable bonds is 3. The van der Waals surface area contributed by atoms with Crippen LogP contribution in [0.15, 0.2) is 12.3 Å². The van der Waals surface area contributed by atoms with Crippen molar-refractivity contribution < 1.29 is 15.0 Å². The Labute approximate surface area is 83.6 Å². The Morgan fingerprint density at radius 1 is 1.29 bits per heavy atom. The predicted molar refractivity (Wildman–Crippen MR) is 52.8 cm³/mol. The molecule has 0 radical (unpaired) electrons. The van der Waals surface area contributed by atoms with E-state index in [1.54, 1.807) is 0 Å². The second kappa shape index (κ2) is 5.65. The van der Waals surface area contributed by atoms with Crippen molar-refractivity contribution in [1.29, 1.82) is 0 Å². The minimum atomic E-state index is -0.972. The summed E-state index contributed by atoms with van der Waals surface area (Å²) in [4.78, 5) is 10.2. The molecule has 4 heteroatoms. The normalized spacial score (nSPS) is 28.6. The number of nitrogens with one attached hydrogen (secondary N) is 1. The van der Waals surface area contributed by atoms with Gasteiger partial charge < -0.3 is 15.5 Å². The summed E-state index contributed by atoms with van der Waals surface area (Å²) in [6.07, 6.45) is 7.12. The summed E-state index contributed by atoms with van der Waals surface area (Å²) in [5.74, 6) is -0.972.